The highest BCUT2D eigenvalue weighted by Crippen LogP contribution is 2.39. The van der Waals surface area contributed by atoms with Gasteiger partial charge in [0.05, 0.1) is 17.8 Å². The lowest BCUT2D eigenvalue weighted by Gasteiger charge is -2.37. The largest absolute Gasteiger partial charge is 0.464 e. The fourth-order valence-electron chi connectivity index (χ4n) is 1.62. The van der Waals surface area contributed by atoms with E-state index in [0.717, 1.165) is 5.75 Å². The first-order valence-corrected chi connectivity index (χ1v) is 5.29. The highest BCUT2D eigenvalue weighted by molar-refractivity contribution is 8.00. The number of nitrogens with zero attached hydrogens (tertiary/aromatic N) is 1. The molecule has 2 rings (SSSR count). The van der Waals surface area contributed by atoms with Crippen LogP contribution in [0.25, 0.3) is 0 Å². The van der Waals surface area contributed by atoms with Gasteiger partial charge in [0.25, 0.3) is 0 Å². The lowest BCUT2D eigenvalue weighted by Crippen LogP contribution is -2.53. The van der Waals surface area contributed by atoms with Crippen LogP contribution in [0.3, 0.4) is 0 Å². The normalized spacial score (nSPS) is 31.2. The molecule has 72 valence electrons. The van der Waals surface area contributed by atoms with Crippen molar-refractivity contribution < 1.29 is 14.3 Å². The van der Waals surface area contributed by atoms with Crippen LogP contribution in [0.4, 0.5) is 0 Å². The zero-order valence-electron chi connectivity index (χ0n) is 7.36. The van der Waals surface area contributed by atoms with Gasteiger partial charge < -0.3 is 9.64 Å². The Bertz CT molecular complexity index is 256. The van der Waals surface area contributed by atoms with Crippen molar-refractivity contribution in [2.45, 2.75) is 24.8 Å². The molecular weight excluding hydrogens is 190 g/mol. The van der Waals surface area contributed by atoms with E-state index in [9.17, 15) is 9.59 Å². The van der Waals surface area contributed by atoms with Gasteiger partial charge in [-0.05, 0) is 0 Å². The number of carbonyl (C=O) groups excluding carboxylic acids is 2. The van der Waals surface area contributed by atoms with Crippen LogP contribution in [0.1, 0.15) is 13.3 Å². The number of ether oxygens (including phenoxy) is 1. The smallest absolute Gasteiger partial charge is 0.302 e. The molecule has 5 heteroatoms. The molecular formula is C8H11NO3S. The van der Waals surface area contributed by atoms with Gasteiger partial charge in [0.2, 0.25) is 5.91 Å². The van der Waals surface area contributed by atoms with Crippen LogP contribution < -0.4 is 0 Å². The number of amides is 1. The lowest BCUT2D eigenvalue weighted by molar-refractivity contribution is -0.150. The number of rotatable bonds is 2. The van der Waals surface area contributed by atoms with E-state index in [-0.39, 0.29) is 17.9 Å². The Morgan fingerprint density at radius 2 is 2.54 bits per heavy atom. The topological polar surface area (TPSA) is 46.6 Å². The van der Waals surface area contributed by atoms with Crippen molar-refractivity contribution in [1.82, 2.24) is 4.90 Å². The predicted molar refractivity (Wildman–Crippen MR) is 48.1 cm³/mol. The zero-order chi connectivity index (χ0) is 9.42. The van der Waals surface area contributed by atoms with Gasteiger partial charge >= 0.3 is 5.97 Å². The standard InChI is InChI=1S/C8H11NO3S/c1-5(10)12-3-6-4-13-8-2-7(11)9(6)8/h6,8H,2-4H2,1H3/t6-,8-/m0/s1. The van der Waals surface area contributed by atoms with Gasteiger partial charge in [0.15, 0.2) is 0 Å². The Morgan fingerprint density at radius 3 is 3.15 bits per heavy atom. The summed E-state index contributed by atoms with van der Waals surface area (Å²) >= 11 is 1.77. The van der Waals surface area contributed by atoms with Crippen molar-refractivity contribution in [3.8, 4) is 0 Å². The molecule has 0 saturated carbocycles. The second-order valence-electron chi connectivity index (χ2n) is 3.25. The van der Waals surface area contributed by atoms with Gasteiger partial charge in [0, 0.05) is 12.7 Å². The number of β-lactam (4-membered cyclic amide) rings is 1. The highest BCUT2D eigenvalue weighted by atomic mass is 32.2. The fourth-order valence-corrected chi connectivity index (χ4v) is 3.04. The molecule has 0 aromatic carbocycles. The summed E-state index contributed by atoms with van der Waals surface area (Å²) in [5.41, 5.74) is 0. The van der Waals surface area contributed by atoms with E-state index in [4.69, 9.17) is 4.74 Å². The second kappa shape index (κ2) is 3.21. The second-order valence-corrected chi connectivity index (χ2v) is 4.46. The Hall–Kier alpha value is -0.710. The number of hydrogen-bond donors (Lipinski definition) is 0. The molecule has 0 radical (unpaired) electrons. The minimum absolute atomic E-state index is 0.111. The molecule has 0 bridgehead atoms. The Balaban J connectivity index is 1.87. The summed E-state index contributed by atoms with van der Waals surface area (Å²) in [7, 11) is 0. The number of esters is 1. The van der Waals surface area contributed by atoms with E-state index in [0.29, 0.717) is 18.4 Å². The van der Waals surface area contributed by atoms with Gasteiger partial charge in [-0.1, -0.05) is 0 Å². The van der Waals surface area contributed by atoms with Crippen LogP contribution in [-0.2, 0) is 14.3 Å². The van der Waals surface area contributed by atoms with E-state index in [1.807, 2.05) is 4.90 Å². The molecule has 13 heavy (non-hydrogen) atoms. The molecule has 2 heterocycles. The monoisotopic (exact) mass is 201 g/mol. The van der Waals surface area contributed by atoms with Crippen molar-refractivity contribution in [2.24, 2.45) is 0 Å². The summed E-state index contributed by atoms with van der Waals surface area (Å²) in [4.78, 5) is 23.5. The van der Waals surface area contributed by atoms with Crippen LogP contribution in [0.15, 0.2) is 0 Å². The third kappa shape index (κ3) is 1.52. The third-order valence-corrected chi connectivity index (χ3v) is 3.66. The summed E-state index contributed by atoms with van der Waals surface area (Å²) in [5.74, 6) is 0.803. The zero-order valence-corrected chi connectivity index (χ0v) is 8.17. The molecule has 0 aromatic heterocycles. The molecule has 0 N–H and O–H groups in total. The molecule has 2 aliphatic heterocycles. The van der Waals surface area contributed by atoms with Gasteiger partial charge in [-0.2, -0.15) is 0 Å². The molecule has 0 spiro atoms. The van der Waals surface area contributed by atoms with Crippen molar-refractivity contribution >= 4 is 23.6 Å². The van der Waals surface area contributed by atoms with E-state index < -0.39 is 0 Å². The minimum Gasteiger partial charge on any atom is -0.464 e. The van der Waals surface area contributed by atoms with Crippen LogP contribution >= 0.6 is 11.8 Å². The lowest BCUT2D eigenvalue weighted by atomic mass is 10.1. The summed E-state index contributed by atoms with van der Waals surface area (Å²) in [6.07, 6.45) is 0.654. The Labute approximate surface area is 80.6 Å². The molecule has 4 nitrogen and oxygen atoms in total. The number of thioether (sulfide) groups is 1. The Morgan fingerprint density at radius 1 is 1.77 bits per heavy atom. The Kier molecular flexibility index (Phi) is 2.19. The first kappa shape index (κ1) is 8.87. The number of fused-ring (bicyclic) bond motifs is 1. The minimum atomic E-state index is -0.276. The maximum absolute atomic E-state index is 11.1. The van der Waals surface area contributed by atoms with E-state index in [1.54, 1.807) is 11.8 Å². The molecule has 0 unspecified atom stereocenters. The van der Waals surface area contributed by atoms with Crippen molar-refractivity contribution in [2.75, 3.05) is 12.4 Å². The van der Waals surface area contributed by atoms with Gasteiger partial charge in [0.1, 0.15) is 6.61 Å². The van der Waals surface area contributed by atoms with E-state index >= 15 is 0 Å². The van der Waals surface area contributed by atoms with Crippen molar-refractivity contribution in [1.29, 1.82) is 0 Å². The third-order valence-electron chi connectivity index (χ3n) is 2.30. The fraction of sp³-hybridized carbons (Fsp3) is 0.750. The average molecular weight is 201 g/mol. The maximum atomic E-state index is 11.1. The van der Waals surface area contributed by atoms with Crippen LogP contribution in [0, 0.1) is 0 Å². The van der Waals surface area contributed by atoms with Gasteiger partial charge in [-0.3, -0.25) is 9.59 Å². The average Bonchev–Trinajstić information content (AvgIpc) is 2.37. The highest BCUT2D eigenvalue weighted by Gasteiger charge is 2.46. The first-order chi connectivity index (χ1) is 6.18. The SMILES string of the molecule is CC(=O)OC[C@H]1CS[C@H]2CC(=O)N12. The van der Waals surface area contributed by atoms with Gasteiger partial charge in [-0.25, -0.2) is 0 Å². The first-order valence-electron chi connectivity index (χ1n) is 4.24. The summed E-state index contributed by atoms with van der Waals surface area (Å²) < 4.78 is 4.88. The van der Waals surface area contributed by atoms with Crippen molar-refractivity contribution in [3.63, 3.8) is 0 Å². The summed E-state index contributed by atoms with van der Waals surface area (Å²) in [6, 6.07) is 0.111. The molecule has 1 amide bonds. The van der Waals surface area contributed by atoms with Crippen LogP contribution in [0.5, 0.6) is 0 Å². The molecule has 2 saturated heterocycles. The molecule has 0 aliphatic carbocycles. The molecule has 2 fully saturated rings. The molecule has 0 aromatic rings. The molecule has 2 aliphatic rings. The van der Waals surface area contributed by atoms with E-state index in [1.165, 1.54) is 6.92 Å². The number of carbonyl (C=O) groups is 2. The summed E-state index contributed by atoms with van der Waals surface area (Å²) in [6.45, 7) is 1.74. The van der Waals surface area contributed by atoms with E-state index in [2.05, 4.69) is 0 Å². The van der Waals surface area contributed by atoms with Crippen LogP contribution in [0.2, 0.25) is 0 Å². The maximum Gasteiger partial charge on any atom is 0.302 e. The quantitative estimate of drug-likeness (QED) is 0.474. The number of hydrogen-bond acceptors (Lipinski definition) is 4. The predicted octanol–water partition coefficient (Wildman–Crippen LogP) is 0.223. The molecule has 2 atom stereocenters. The summed E-state index contributed by atoms with van der Waals surface area (Å²) in [5, 5.41) is 0.355. The van der Waals surface area contributed by atoms with Crippen LogP contribution in [-0.4, -0.2) is 40.6 Å². The van der Waals surface area contributed by atoms with Gasteiger partial charge in [-0.15, -0.1) is 11.8 Å². The van der Waals surface area contributed by atoms with Crippen molar-refractivity contribution in [3.05, 3.63) is 0 Å².